The van der Waals surface area contributed by atoms with Gasteiger partial charge in [0.2, 0.25) is 0 Å². The number of nitrogens with zero attached hydrogens (tertiary/aromatic N) is 3. The molecule has 29 heavy (non-hydrogen) atoms. The summed E-state index contributed by atoms with van der Waals surface area (Å²) in [6.45, 7) is 10.0. The highest BCUT2D eigenvalue weighted by molar-refractivity contribution is 14.0. The molecule has 0 amide bonds. The van der Waals surface area contributed by atoms with Crippen molar-refractivity contribution in [2.45, 2.75) is 51.5 Å². The minimum Gasteiger partial charge on any atom is -0.357 e. The van der Waals surface area contributed by atoms with Crippen molar-refractivity contribution in [3.05, 3.63) is 22.4 Å². The van der Waals surface area contributed by atoms with Gasteiger partial charge in [-0.3, -0.25) is 9.89 Å². The third-order valence-corrected chi connectivity index (χ3v) is 7.01. The Morgan fingerprint density at radius 2 is 2.00 bits per heavy atom. The number of aliphatic imine (C=N–C) groups is 1. The number of guanidine groups is 1. The highest BCUT2D eigenvalue weighted by atomic mass is 127. The third-order valence-electron chi connectivity index (χ3n) is 6.06. The van der Waals surface area contributed by atoms with E-state index in [0.717, 1.165) is 25.6 Å². The van der Waals surface area contributed by atoms with Gasteiger partial charge in [-0.05, 0) is 96.0 Å². The van der Waals surface area contributed by atoms with Gasteiger partial charge in [0, 0.05) is 30.6 Å². The van der Waals surface area contributed by atoms with Gasteiger partial charge in [-0.1, -0.05) is 6.07 Å². The molecule has 1 aromatic rings. The maximum atomic E-state index is 4.97. The smallest absolute Gasteiger partial charge is 0.191 e. The van der Waals surface area contributed by atoms with E-state index in [1.807, 2.05) is 11.3 Å². The van der Waals surface area contributed by atoms with Crippen molar-refractivity contribution >= 4 is 41.3 Å². The molecule has 0 saturated carbocycles. The van der Waals surface area contributed by atoms with Gasteiger partial charge in [0.15, 0.2) is 5.96 Å². The Morgan fingerprint density at radius 3 is 2.72 bits per heavy atom. The SMILES string of the molecule is CCNC(=NCC1CCCN(C)C1c1cccs1)NCCCCN1CCCC1.I. The highest BCUT2D eigenvalue weighted by Crippen LogP contribution is 2.37. The average Bonchev–Trinajstić information content (AvgIpc) is 3.40. The van der Waals surface area contributed by atoms with E-state index in [1.165, 1.54) is 69.6 Å². The maximum absolute atomic E-state index is 4.97. The fraction of sp³-hybridized carbons (Fsp3) is 0.773. The summed E-state index contributed by atoms with van der Waals surface area (Å²) in [6, 6.07) is 4.98. The van der Waals surface area contributed by atoms with Gasteiger partial charge in [0.25, 0.3) is 0 Å². The molecular weight excluding hydrogens is 493 g/mol. The predicted molar refractivity (Wildman–Crippen MR) is 137 cm³/mol. The summed E-state index contributed by atoms with van der Waals surface area (Å²) in [5, 5.41) is 9.19. The van der Waals surface area contributed by atoms with Crippen LogP contribution in [0.15, 0.2) is 22.5 Å². The van der Waals surface area contributed by atoms with Crippen LogP contribution in [0.2, 0.25) is 0 Å². The second-order valence-corrected chi connectivity index (χ2v) is 9.22. The first-order valence-electron chi connectivity index (χ1n) is 11.3. The molecule has 2 aliphatic rings. The van der Waals surface area contributed by atoms with E-state index in [-0.39, 0.29) is 24.0 Å². The highest BCUT2D eigenvalue weighted by Gasteiger charge is 2.31. The third kappa shape index (κ3) is 7.99. The van der Waals surface area contributed by atoms with E-state index in [9.17, 15) is 0 Å². The quantitative estimate of drug-likeness (QED) is 0.216. The van der Waals surface area contributed by atoms with Crippen LogP contribution in [0.3, 0.4) is 0 Å². The van der Waals surface area contributed by atoms with Crippen LogP contribution in [-0.4, -0.2) is 68.6 Å². The van der Waals surface area contributed by atoms with Crippen LogP contribution in [-0.2, 0) is 0 Å². The molecule has 2 saturated heterocycles. The molecule has 2 aliphatic heterocycles. The Kier molecular flexibility index (Phi) is 11.9. The number of nitrogens with one attached hydrogen (secondary N) is 2. The Labute approximate surface area is 198 Å². The molecule has 7 heteroatoms. The van der Waals surface area contributed by atoms with E-state index in [2.05, 4.69) is 51.9 Å². The lowest BCUT2D eigenvalue weighted by Crippen LogP contribution is -2.40. The molecule has 2 N–H and O–H groups in total. The van der Waals surface area contributed by atoms with Crippen LogP contribution in [0.1, 0.15) is 56.4 Å². The van der Waals surface area contributed by atoms with Gasteiger partial charge in [0.1, 0.15) is 0 Å². The molecule has 2 unspecified atom stereocenters. The minimum atomic E-state index is 0. The first kappa shape index (κ1) is 24.9. The summed E-state index contributed by atoms with van der Waals surface area (Å²) >= 11 is 1.89. The standard InChI is InChI=1S/C22H39N5S.HI/c1-3-23-22(24-12-4-5-14-27-15-6-7-16-27)25-18-19-10-8-13-26(2)21(19)20-11-9-17-28-20;/h9,11,17,19,21H,3-8,10,12-16,18H2,1-2H3,(H2,23,24,25);1H. The summed E-state index contributed by atoms with van der Waals surface area (Å²) in [7, 11) is 2.27. The molecule has 0 radical (unpaired) electrons. The summed E-state index contributed by atoms with van der Waals surface area (Å²) in [4.78, 5) is 11.6. The maximum Gasteiger partial charge on any atom is 0.191 e. The minimum absolute atomic E-state index is 0. The van der Waals surface area contributed by atoms with Crippen LogP contribution in [0.25, 0.3) is 0 Å². The van der Waals surface area contributed by atoms with E-state index in [4.69, 9.17) is 4.99 Å². The van der Waals surface area contributed by atoms with Gasteiger partial charge < -0.3 is 15.5 Å². The van der Waals surface area contributed by atoms with E-state index < -0.39 is 0 Å². The molecule has 1 aromatic heterocycles. The number of piperidine rings is 1. The lowest BCUT2D eigenvalue weighted by atomic mass is 9.88. The normalized spacial score (nSPS) is 23.7. The van der Waals surface area contributed by atoms with Crippen molar-refractivity contribution in [1.82, 2.24) is 20.4 Å². The van der Waals surface area contributed by atoms with Gasteiger partial charge in [0.05, 0.1) is 0 Å². The van der Waals surface area contributed by atoms with Crippen molar-refractivity contribution in [2.24, 2.45) is 10.9 Å². The van der Waals surface area contributed by atoms with Crippen molar-refractivity contribution in [3.63, 3.8) is 0 Å². The molecule has 3 heterocycles. The summed E-state index contributed by atoms with van der Waals surface area (Å²) in [6.07, 6.45) is 7.81. The monoisotopic (exact) mass is 533 g/mol. The molecule has 0 aliphatic carbocycles. The molecule has 2 atom stereocenters. The van der Waals surface area contributed by atoms with Crippen LogP contribution >= 0.6 is 35.3 Å². The zero-order valence-corrected chi connectivity index (χ0v) is 21.4. The lowest BCUT2D eigenvalue weighted by molar-refractivity contribution is 0.128. The first-order chi connectivity index (χ1) is 13.8. The van der Waals surface area contributed by atoms with Crippen LogP contribution in [0.5, 0.6) is 0 Å². The summed E-state index contributed by atoms with van der Waals surface area (Å²) in [5.74, 6) is 1.59. The molecule has 0 bridgehead atoms. The zero-order valence-electron chi connectivity index (χ0n) is 18.2. The molecule has 0 spiro atoms. The van der Waals surface area contributed by atoms with Crippen molar-refractivity contribution < 1.29 is 0 Å². The predicted octanol–water partition coefficient (Wildman–Crippen LogP) is 4.18. The molecule has 166 valence electrons. The van der Waals surface area contributed by atoms with Crippen LogP contribution in [0, 0.1) is 5.92 Å². The molecule has 5 nitrogen and oxygen atoms in total. The van der Waals surface area contributed by atoms with Gasteiger partial charge >= 0.3 is 0 Å². The number of hydrogen-bond acceptors (Lipinski definition) is 4. The van der Waals surface area contributed by atoms with Crippen molar-refractivity contribution in [1.29, 1.82) is 0 Å². The number of halogens is 1. The molecule has 0 aromatic carbocycles. The Morgan fingerprint density at radius 1 is 1.17 bits per heavy atom. The van der Waals surface area contributed by atoms with E-state index >= 15 is 0 Å². The van der Waals surface area contributed by atoms with Crippen molar-refractivity contribution in [3.8, 4) is 0 Å². The van der Waals surface area contributed by atoms with Crippen molar-refractivity contribution in [2.75, 3.05) is 52.9 Å². The first-order valence-corrected chi connectivity index (χ1v) is 12.1. The fourth-order valence-electron chi connectivity index (χ4n) is 4.58. The van der Waals surface area contributed by atoms with Crippen LogP contribution in [0.4, 0.5) is 0 Å². The Balaban J connectivity index is 0.00000300. The number of hydrogen-bond donors (Lipinski definition) is 2. The van der Waals surface area contributed by atoms with Gasteiger partial charge in [-0.2, -0.15) is 0 Å². The number of rotatable bonds is 9. The Hall–Kier alpha value is -0.380. The van der Waals surface area contributed by atoms with E-state index in [0.29, 0.717) is 12.0 Å². The molecule has 2 fully saturated rings. The number of likely N-dealkylation sites (tertiary alicyclic amines) is 2. The van der Waals surface area contributed by atoms with Gasteiger partial charge in [-0.15, -0.1) is 35.3 Å². The van der Waals surface area contributed by atoms with Gasteiger partial charge in [-0.25, -0.2) is 0 Å². The zero-order chi connectivity index (χ0) is 19.6. The Bertz CT molecular complexity index is 574. The summed E-state index contributed by atoms with van der Waals surface area (Å²) < 4.78 is 0. The fourth-order valence-corrected chi connectivity index (χ4v) is 5.57. The number of thiophene rings is 1. The largest absolute Gasteiger partial charge is 0.357 e. The second kappa shape index (κ2) is 13.8. The lowest BCUT2D eigenvalue weighted by Gasteiger charge is -2.38. The van der Waals surface area contributed by atoms with Crippen LogP contribution < -0.4 is 10.6 Å². The second-order valence-electron chi connectivity index (χ2n) is 8.25. The molecule has 3 rings (SSSR count). The average molecular weight is 534 g/mol. The molecular formula is C22H40IN5S. The number of unbranched alkanes of at least 4 members (excludes halogenated alkanes) is 1. The van der Waals surface area contributed by atoms with E-state index in [1.54, 1.807) is 0 Å². The topological polar surface area (TPSA) is 42.9 Å². The summed E-state index contributed by atoms with van der Waals surface area (Å²) in [5.41, 5.74) is 0.